The molecule has 1 aromatic carbocycles. The van der Waals surface area contributed by atoms with Crippen molar-refractivity contribution in [2.75, 3.05) is 32.3 Å². The number of nitrogens with zero attached hydrogens (tertiary/aromatic N) is 1. The van der Waals surface area contributed by atoms with E-state index in [0.717, 1.165) is 12.3 Å². The summed E-state index contributed by atoms with van der Waals surface area (Å²) in [6.45, 7) is 4.95. The second kappa shape index (κ2) is 6.47. The number of methoxy groups -OCH3 is 2. The normalized spacial score (nSPS) is 22.0. The molecule has 0 radical (unpaired) electrons. The van der Waals surface area contributed by atoms with Crippen LogP contribution in [-0.2, 0) is 0 Å². The Kier molecular flexibility index (Phi) is 4.88. The summed E-state index contributed by atoms with van der Waals surface area (Å²) in [5, 5.41) is 0.413. The first-order valence-corrected chi connectivity index (χ1v) is 7.98. The minimum atomic E-state index is -0.0654. The van der Waals surface area contributed by atoms with Gasteiger partial charge in [0.2, 0.25) is 0 Å². The Hall–Kier alpha value is -1.56. The fourth-order valence-electron chi connectivity index (χ4n) is 2.44. The number of carbonyl (C=O) groups is 1. The summed E-state index contributed by atoms with van der Waals surface area (Å²) in [4.78, 5) is 14.7. The fourth-order valence-corrected chi connectivity index (χ4v) is 3.54. The number of nitrogens with two attached hydrogens (primary N) is 1. The van der Waals surface area contributed by atoms with E-state index in [9.17, 15) is 4.79 Å². The lowest BCUT2D eigenvalue weighted by molar-refractivity contribution is 0.0698. The van der Waals surface area contributed by atoms with Gasteiger partial charge in [0.25, 0.3) is 5.91 Å². The van der Waals surface area contributed by atoms with Crippen molar-refractivity contribution in [2.45, 2.75) is 25.1 Å². The number of hydrogen-bond donors (Lipinski definition) is 1. The smallest absolute Gasteiger partial charge is 0.256 e. The first-order valence-electron chi connectivity index (χ1n) is 6.93. The number of nitrogen functional groups attached to an aromatic ring is 1. The van der Waals surface area contributed by atoms with Crippen molar-refractivity contribution in [3.8, 4) is 11.5 Å². The Morgan fingerprint density at radius 2 is 2.05 bits per heavy atom. The zero-order valence-electron chi connectivity index (χ0n) is 12.9. The van der Waals surface area contributed by atoms with Crippen LogP contribution < -0.4 is 15.2 Å². The van der Waals surface area contributed by atoms with Crippen LogP contribution in [0.4, 0.5) is 5.69 Å². The van der Waals surface area contributed by atoms with Crippen molar-refractivity contribution in [3.63, 3.8) is 0 Å². The molecule has 2 unspecified atom stereocenters. The molecule has 2 rings (SSSR count). The summed E-state index contributed by atoms with van der Waals surface area (Å²) in [6, 6.07) is 3.54. The van der Waals surface area contributed by atoms with E-state index in [-0.39, 0.29) is 11.9 Å². The highest BCUT2D eigenvalue weighted by molar-refractivity contribution is 8.00. The number of amides is 1. The van der Waals surface area contributed by atoms with Gasteiger partial charge in [0.05, 0.1) is 25.5 Å². The predicted molar refractivity (Wildman–Crippen MR) is 86.4 cm³/mol. The molecule has 116 valence electrons. The van der Waals surface area contributed by atoms with Crippen LogP contribution in [0.15, 0.2) is 12.1 Å². The van der Waals surface area contributed by atoms with Gasteiger partial charge in [-0.1, -0.05) is 6.92 Å². The molecule has 1 saturated heterocycles. The van der Waals surface area contributed by atoms with Gasteiger partial charge in [-0.15, -0.1) is 0 Å². The van der Waals surface area contributed by atoms with Gasteiger partial charge in [-0.2, -0.15) is 11.8 Å². The van der Waals surface area contributed by atoms with Crippen molar-refractivity contribution < 1.29 is 14.3 Å². The van der Waals surface area contributed by atoms with Crippen LogP contribution in [0.3, 0.4) is 0 Å². The molecule has 1 aliphatic rings. The Labute approximate surface area is 129 Å². The fraction of sp³-hybridized carbons (Fsp3) is 0.533. The van der Waals surface area contributed by atoms with E-state index in [1.807, 2.05) is 16.7 Å². The highest BCUT2D eigenvalue weighted by Gasteiger charge is 2.31. The van der Waals surface area contributed by atoms with Crippen LogP contribution in [0.1, 0.15) is 24.2 Å². The summed E-state index contributed by atoms with van der Waals surface area (Å²) >= 11 is 1.89. The maximum absolute atomic E-state index is 12.8. The third kappa shape index (κ3) is 3.05. The highest BCUT2D eigenvalue weighted by atomic mass is 32.2. The van der Waals surface area contributed by atoms with Gasteiger partial charge in [0.15, 0.2) is 0 Å². The molecule has 1 amide bonds. The van der Waals surface area contributed by atoms with Crippen molar-refractivity contribution >= 4 is 23.4 Å². The van der Waals surface area contributed by atoms with Crippen molar-refractivity contribution in [3.05, 3.63) is 17.7 Å². The number of benzene rings is 1. The monoisotopic (exact) mass is 310 g/mol. The van der Waals surface area contributed by atoms with Crippen LogP contribution in [-0.4, -0.2) is 48.6 Å². The lowest BCUT2D eigenvalue weighted by Gasteiger charge is -2.37. The van der Waals surface area contributed by atoms with Crippen LogP contribution in [0.25, 0.3) is 0 Å². The Bertz CT molecular complexity index is 536. The average Bonchev–Trinajstić information content (AvgIpc) is 2.49. The Morgan fingerprint density at radius 3 is 2.67 bits per heavy atom. The summed E-state index contributed by atoms with van der Waals surface area (Å²) in [5.74, 6) is 1.91. The first kappa shape index (κ1) is 15.8. The van der Waals surface area contributed by atoms with E-state index < -0.39 is 0 Å². The van der Waals surface area contributed by atoms with Gasteiger partial charge < -0.3 is 20.1 Å². The van der Waals surface area contributed by atoms with Gasteiger partial charge >= 0.3 is 0 Å². The summed E-state index contributed by atoms with van der Waals surface area (Å²) in [7, 11) is 3.09. The number of thioether (sulfide) groups is 1. The molecule has 0 aliphatic carbocycles. The largest absolute Gasteiger partial charge is 0.497 e. The highest BCUT2D eigenvalue weighted by Crippen LogP contribution is 2.33. The minimum absolute atomic E-state index is 0.0654. The SMILES string of the molecule is COc1cc(OC)c(N)c(C(=O)N2CCSC(C)C2C)c1. The van der Waals surface area contributed by atoms with Crippen LogP contribution in [0, 0.1) is 0 Å². The van der Waals surface area contributed by atoms with E-state index in [0.29, 0.717) is 28.0 Å². The van der Waals surface area contributed by atoms with E-state index in [4.69, 9.17) is 15.2 Å². The molecule has 6 heteroatoms. The number of anilines is 1. The lowest BCUT2D eigenvalue weighted by Crippen LogP contribution is -2.48. The molecular formula is C15H22N2O3S. The third-order valence-electron chi connectivity index (χ3n) is 3.95. The molecule has 2 N–H and O–H groups in total. The van der Waals surface area contributed by atoms with Crippen molar-refractivity contribution in [1.29, 1.82) is 0 Å². The molecule has 0 spiro atoms. The van der Waals surface area contributed by atoms with Gasteiger partial charge in [-0.25, -0.2) is 0 Å². The number of ether oxygens (including phenoxy) is 2. The molecule has 2 atom stereocenters. The van der Waals surface area contributed by atoms with Gasteiger partial charge in [-0.05, 0) is 13.0 Å². The maximum Gasteiger partial charge on any atom is 0.256 e. The molecule has 1 fully saturated rings. The van der Waals surface area contributed by atoms with Gasteiger partial charge in [0, 0.05) is 29.7 Å². The van der Waals surface area contributed by atoms with Crippen molar-refractivity contribution in [2.24, 2.45) is 0 Å². The van der Waals surface area contributed by atoms with Crippen molar-refractivity contribution in [1.82, 2.24) is 4.90 Å². The van der Waals surface area contributed by atoms with E-state index in [2.05, 4.69) is 13.8 Å². The summed E-state index contributed by atoms with van der Waals surface area (Å²) in [5.41, 5.74) is 6.88. The second-order valence-corrected chi connectivity index (χ2v) is 6.59. The molecule has 21 heavy (non-hydrogen) atoms. The molecule has 1 aromatic rings. The number of carbonyl (C=O) groups excluding carboxylic acids is 1. The van der Waals surface area contributed by atoms with Gasteiger partial charge in [-0.3, -0.25) is 4.79 Å². The second-order valence-electron chi connectivity index (χ2n) is 5.11. The molecule has 0 bridgehead atoms. The van der Waals surface area contributed by atoms with E-state index >= 15 is 0 Å². The quantitative estimate of drug-likeness (QED) is 0.868. The predicted octanol–water partition coefficient (Wildman–Crippen LogP) is 2.25. The zero-order valence-corrected chi connectivity index (χ0v) is 13.7. The molecule has 0 saturated carbocycles. The molecule has 5 nitrogen and oxygen atoms in total. The Balaban J connectivity index is 2.38. The molecule has 0 aromatic heterocycles. The summed E-state index contributed by atoms with van der Waals surface area (Å²) in [6.07, 6.45) is 0. The number of rotatable bonds is 3. The molecular weight excluding hydrogens is 288 g/mol. The van der Waals surface area contributed by atoms with Crippen LogP contribution in [0.2, 0.25) is 0 Å². The maximum atomic E-state index is 12.8. The molecule has 1 aliphatic heterocycles. The molecule has 1 heterocycles. The van der Waals surface area contributed by atoms with Crippen LogP contribution >= 0.6 is 11.8 Å². The van der Waals surface area contributed by atoms with Crippen LogP contribution in [0.5, 0.6) is 11.5 Å². The van der Waals surface area contributed by atoms with E-state index in [1.54, 1.807) is 19.2 Å². The minimum Gasteiger partial charge on any atom is -0.497 e. The topological polar surface area (TPSA) is 64.8 Å². The summed E-state index contributed by atoms with van der Waals surface area (Å²) < 4.78 is 10.5. The van der Waals surface area contributed by atoms with Gasteiger partial charge in [0.1, 0.15) is 11.5 Å². The third-order valence-corrected chi connectivity index (χ3v) is 5.28. The Morgan fingerprint density at radius 1 is 1.33 bits per heavy atom. The lowest BCUT2D eigenvalue weighted by atomic mass is 10.1. The zero-order chi connectivity index (χ0) is 15.6. The van der Waals surface area contributed by atoms with E-state index in [1.165, 1.54) is 7.11 Å². The standard InChI is InChI=1S/C15H22N2O3S/c1-9-10(2)21-6-5-17(9)15(18)12-7-11(19-3)8-13(20-4)14(12)16/h7-10H,5-6,16H2,1-4H3. The average molecular weight is 310 g/mol. The first-order chi connectivity index (χ1) is 9.99. The number of hydrogen-bond acceptors (Lipinski definition) is 5.